The van der Waals surface area contributed by atoms with Gasteiger partial charge in [0.15, 0.2) is 0 Å². The van der Waals surface area contributed by atoms with Crippen LogP contribution >= 0.6 is 11.8 Å². The van der Waals surface area contributed by atoms with Gasteiger partial charge in [0.2, 0.25) is 10.0 Å². The molecule has 1 aromatic rings. The maximum atomic E-state index is 12.5. The van der Waals surface area contributed by atoms with Gasteiger partial charge in [-0.1, -0.05) is 13.0 Å². The van der Waals surface area contributed by atoms with Crippen molar-refractivity contribution in [1.29, 1.82) is 0 Å². The maximum absolute atomic E-state index is 12.5. The Morgan fingerprint density at radius 1 is 1.38 bits per heavy atom. The van der Waals surface area contributed by atoms with Gasteiger partial charge in [-0.3, -0.25) is 0 Å². The fraction of sp³-hybridized carbons (Fsp3) is 0.600. The van der Waals surface area contributed by atoms with Gasteiger partial charge in [0.05, 0.1) is 4.90 Å². The third-order valence-corrected chi connectivity index (χ3v) is 6.96. The third kappa shape index (κ3) is 3.38. The first-order valence-corrected chi connectivity index (χ1v) is 10.1. The second kappa shape index (κ2) is 6.18. The number of hydrogen-bond donors (Lipinski definition) is 2. The fourth-order valence-corrected chi connectivity index (χ4v) is 5.61. The van der Waals surface area contributed by atoms with Crippen LogP contribution in [0.2, 0.25) is 0 Å². The Bertz CT molecular complexity index is 616. The van der Waals surface area contributed by atoms with E-state index in [4.69, 9.17) is 0 Å². The molecule has 116 valence electrons. The standard InChI is InChI=1S/C15H22N2O2S2/c1-2-20-13-5-4-12(9-13)17-21(18,19)14-6-3-11-7-8-16-15(11)10-14/h3,6,10,12-13,16-17H,2,4-5,7-9H2,1H3. The Labute approximate surface area is 131 Å². The smallest absolute Gasteiger partial charge is 0.240 e. The second-order valence-corrected chi connectivity index (χ2v) is 9.00. The average molecular weight is 326 g/mol. The van der Waals surface area contributed by atoms with E-state index in [1.54, 1.807) is 12.1 Å². The normalized spacial score (nSPS) is 24.8. The molecule has 4 nitrogen and oxygen atoms in total. The van der Waals surface area contributed by atoms with Crippen molar-refractivity contribution >= 4 is 27.5 Å². The summed E-state index contributed by atoms with van der Waals surface area (Å²) >= 11 is 1.94. The molecule has 0 spiro atoms. The summed E-state index contributed by atoms with van der Waals surface area (Å²) in [5.74, 6) is 1.10. The third-order valence-electron chi connectivity index (χ3n) is 4.21. The van der Waals surface area contributed by atoms with Gasteiger partial charge in [-0.05, 0) is 49.1 Å². The number of sulfonamides is 1. The number of anilines is 1. The van der Waals surface area contributed by atoms with E-state index >= 15 is 0 Å². The number of benzene rings is 1. The Morgan fingerprint density at radius 3 is 3.05 bits per heavy atom. The van der Waals surface area contributed by atoms with Gasteiger partial charge in [0.25, 0.3) is 0 Å². The molecule has 6 heteroatoms. The van der Waals surface area contributed by atoms with Crippen molar-refractivity contribution in [1.82, 2.24) is 4.72 Å². The van der Waals surface area contributed by atoms with Gasteiger partial charge in [-0.15, -0.1) is 0 Å². The highest BCUT2D eigenvalue weighted by atomic mass is 32.2. The van der Waals surface area contributed by atoms with E-state index in [0.717, 1.165) is 43.7 Å². The van der Waals surface area contributed by atoms with Crippen molar-refractivity contribution in [2.45, 2.75) is 48.8 Å². The Balaban J connectivity index is 1.70. The van der Waals surface area contributed by atoms with E-state index in [1.165, 1.54) is 5.56 Å². The first kappa shape index (κ1) is 15.2. The quantitative estimate of drug-likeness (QED) is 0.873. The van der Waals surface area contributed by atoms with E-state index in [2.05, 4.69) is 17.0 Å². The highest BCUT2D eigenvalue weighted by molar-refractivity contribution is 7.99. The predicted molar refractivity (Wildman–Crippen MR) is 88.5 cm³/mol. The van der Waals surface area contributed by atoms with Crippen molar-refractivity contribution < 1.29 is 8.42 Å². The number of thioether (sulfide) groups is 1. The van der Waals surface area contributed by atoms with E-state index in [9.17, 15) is 8.42 Å². The van der Waals surface area contributed by atoms with Crippen LogP contribution in [0.4, 0.5) is 5.69 Å². The van der Waals surface area contributed by atoms with E-state index in [-0.39, 0.29) is 6.04 Å². The minimum atomic E-state index is -3.40. The first-order valence-electron chi connectivity index (χ1n) is 7.59. The first-order chi connectivity index (χ1) is 10.1. The molecule has 0 bridgehead atoms. The summed E-state index contributed by atoms with van der Waals surface area (Å²) in [7, 11) is -3.40. The number of hydrogen-bond acceptors (Lipinski definition) is 4. The van der Waals surface area contributed by atoms with Gasteiger partial charge < -0.3 is 5.32 Å². The van der Waals surface area contributed by atoms with Crippen LogP contribution in [0.1, 0.15) is 31.7 Å². The van der Waals surface area contributed by atoms with Gasteiger partial charge in [-0.25, -0.2) is 13.1 Å². The predicted octanol–water partition coefficient (Wildman–Crippen LogP) is 2.61. The summed E-state index contributed by atoms with van der Waals surface area (Å²) in [6.07, 6.45) is 3.97. The summed E-state index contributed by atoms with van der Waals surface area (Å²) in [5.41, 5.74) is 2.16. The van der Waals surface area contributed by atoms with Crippen LogP contribution in [-0.2, 0) is 16.4 Å². The molecule has 1 heterocycles. The molecule has 1 aromatic carbocycles. The fourth-order valence-electron chi connectivity index (χ4n) is 3.16. The van der Waals surface area contributed by atoms with E-state index < -0.39 is 10.0 Å². The zero-order chi connectivity index (χ0) is 14.9. The van der Waals surface area contributed by atoms with Crippen LogP contribution in [0.25, 0.3) is 0 Å². The minimum Gasteiger partial charge on any atom is -0.384 e. The van der Waals surface area contributed by atoms with Crippen molar-refractivity contribution in [3.63, 3.8) is 0 Å². The van der Waals surface area contributed by atoms with E-state index in [0.29, 0.717) is 10.1 Å². The molecule has 2 aliphatic rings. The van der Waals surface area contributed by atoms with Crippen molar-refractivity contribution in [2.75, 3.05) is 17.6 Å². The zero-order valence-corrected chi connectivity index (χ0v) is 13.9. The Kier molecular flexibility index (Phi) is 4.47. The second-order valence-electron chi connectivity index (χ2n) is 5.70. The van der Waals surface area contributed by atoms with Crippen LogP contribution < -0.4 is 10.0 Å². The molecule has 2 N–H and O–H groups in total. The maximum Gasteiger partial charge on any atom is 0.240 e. The molecule has 1 saturated carbocycles. The molecule has 0 amide bonds. The van der Waals surface area contributed by atoms with Gasteiger partial charge in [0, 0.05) is 23.5 Å². The number of nitrogens with one attached hydrogen (secondary N) is 2. The highest BCUT2D eigenvalue weighted by Crippen LogP contribution is 2.31. The van der Waals surface area contributed by atoms with Gasteiger partial charge >= 0.3 is 0 Å². The summed E-state index contributed by atoms with van der Waals surface area (Å²) in [4.78, 5) is 0.377. The SMILES string of the molecule is CCSC1CCC(NS(=O)(=O)c2ccc3c(c2)NCC3)C1. The summed E-state index contributed by atoms with van der Waals surface area (Å²) in [6, 6.07) is 5.49. The molecule has 1 aliphatic heterocycles. The lowest BCUT2D eigenvalue weighted by Gasteiger charge is -2.14. The monoisotopic (exact) mass is 326 g/mol. The lowest BCUT2D eigenvalue weighted by Crippen LogP contribution is -2.33. The van der Waals surface area contributed by atoms with Crippen molar-refractivity contribution in [2.24, 2.45) is 0 Å². The van der Waals surface area contributed by atoms with Crippen LogP contribution in [0, 0.1) is 0 Å². The van der Waals surface area contributed by atoms with Crippen LogP contribution in [0.15, 0.2) is 23.1 Å². The molecule has 3 rings (SSSR count). The van der Waals surface area contributed by atoms with Crippen molar-refractivity contribution in [3.05, 3.63) is 23.8 Å². The van der Waals surface area contributed by atoms with Crippen LogP contribution in [0.3, 0.4) is 0 Å². The molecule has 21 heavy (non-hydrogen) atoms. The molecule has 2 unspecified atom stereocenters. The molecule has 0 radical (unpaired) electrons. The van der Waals surface area contributed by atoms with Gasteiger partial charge in [-0.2, -0.15) is 11.8 Å². The van der Waals surface area contributed by atoms with Gasteiger partial charge in [0.1, 0.15) is 0 Å². The molecule has 2 atom stereocenters. The van der Waals surface area contributed by atoms with Crippen LogP contribution in [-0.4, -0.2) is 32.0 Å². The lowest BCUT2D eigenvalue weighted by molar-refractivity contribution is 0.552. The van der Waals surface area contributed by atoms with Crippen molar-refractivity contribution in [3.8, 4) is 0 Å². The number of rotatable bonds is 5. The topological polar surface area (TPSA) is 58.2 Å². The molecule has 1 aliphatic carbocycles. The molecule has 1 fully saturated rings. The molecular weight excluding hydrogens is 304 g/mol. The minimum absolute atomic E-state index is 0.0836. The summed E-state index contributed by atoms with van der Waals surface area (Å²) < 4.78 is 27.9. The molecule has 0 saturated heterocycles. The van der Waals surface area contributed by atoms with Crippen LogP contribution in [0.5, 0.6) is 0 Å². The summed E-state index contributed by atoms with van der Waals surface area (Å²) in [5, 5.41) is 3.84. The Hall–Kier alpha value is -0.720. The zero-order valence-electron chi connectivity index (χ0n) is 12.3. The lowest BCUT2D eigenvalue weighted by atomic mass is 10.2. The largest absolute Gasteiger partial charge is 0.384 e. The summed E-state index contributed by atoms with van der Waals surface area (Å²) in [6.45, 7) is 3.05. The van der Waals surface area contributed by atoms with E-state index in [1.807, 2.05) is 17.8 Å². The molecular formula is C15H22N2O2S2. The highest BCUT2D eigenvalue weighted by Gasteiger charge is 2.29. The molecule has 0 aromatic heterocycles. The number of fused-ring (bicyclic) bond motifs is 1. The average Bonchev–Trinajstić information content (AvgIpc) is 3.07. The Morgan fingerprint density at radius 2 is 2.24 bits per heavy atom.